The van der Waals surface area contributed by atoms with E-state index >= 15 is 0 Å². The molecule has 2 aliphatic rings. The molecule has 0 radical (unpaired) electrons. The summed E-state index contributed by atoms with van der Waals surface area (Å²) in [5.74, 6) is 0.685. The number of amides is 1. The van der Waals surface area contributed by atoms with Crippen LogP contribution in [0.3, 0.4) is 0 Å². The topological polar surface area (TPSA) is 76.7 Å². The Kier molecular flexibility index (Phi) is 5.50. The quantitative estimate of drug-likeness (QED) is 0.579. The second-order valence-electron chi connectivity index (χ2n) is 8.51. The lowest BCUT2D eigenvalue weighted by Crippen LogP contribution is -2.33. The Morgan fingerprint density at radius 2 is 1.91 bits per heavy atom. The molecule has 1 aliphatic heterocycles. The third kappa shape index (κ3) is 4.30. The monoisotopic (exact) mass is 425 g/mol. The summed E-state index contributed by atoms with van der Waals surface area (Å²) in [6.45, 7) is 3.09. The number of ether oxygens (including phenoxy) is 1. The van der Waals surface area contributed by atoms with E-state index in [1.165, 1.54) is 11.1 Å². The Labute approximate surface area is 188 Å². The zero-order chi connectivity index (χ0) is 22.1. The summed E-state index contributed by atoms with van der Waals surface area (Å²) in [5, 5.41) is 3.08. The van der Waals surface area contributed by atoms with Crippen molar-refractivity contribution in [2.45, 2.75) is 38.5 Å². The molecular weight excluding hydrogens is 398 g/mol. The van der Waals surface area contributed by atoms with Gasteiger partial charge in [-0.15, -0.1) is 0 Å². The van der Waals surface area contributed by atoms with Crippen LogP contribution in [0.1, 0.15) is 52.9 Å². The number of nitrogens with zero attached hydrogens (tertiary/aromatic N) is 1. The highest BCUT2D eigenvalue weighted by atomic mass is 16.5. The molecule has 1 aliphatic carbocycles. The van der Waals surface area contributed by atoms with Crippen molar-refractivity contribution in [1.82, 2.24) is 5.32 Å². The van der Waals surface area contributed by atoms with Gasteiger partial charge in [-0.25, -0.2) is 0 Å². The van der Waals surface area contributed by atoms with E-state index < -0.39 is 0 Å². The van der Waals surface area contributed by atoms with E-state index in [1.807, 2.05) is 55.5 Å². The molecule has 1 unspecified atom stereocenters. The number of rotatable bonds is 7. The van der Waals surface area contributed by atoms with Crippen LogP contribution in [-0.4, -0.2) is 24.3 Å². The van der Waals surface area contributed by atoms with Crippen molar-refractivity contribution in [3.8, 4) is 16.9 Å². The number of benzene rings is 3. The number of nitrogens with one attached hydrogen (secondary N) is 1. The van der Waals surface area contributed by atoms with Gasteiger partial charge in [0.1, 0.15) is 5.75 Å². The molecule has 1 atom stereocenters. The molecule has 5 rings (SSSR count). The van der Waals surface area contributed by atoms with Crippen molar-refractivity contribution < 1.29 is 9.53 Å². The summed E-state index contributed by atoms with van der Waals surface area (Å²) in [5.41, 5.74) is 13.2. The molecule has 3 aromatic rings. The van der Waals surface area contributed by atoms with E-state index in [1.54, 1.807) is 0 Å². The van der Waals surface area contributed by atoms with Gasteiger partial charge in [0, 0.05) is 23.4 Å². The standard InChI is InChI=1S/C27H27N3O2/c1-17-25-14-19(8-9-22(25)16-29-17)18-4-2-6-21(12-18)27(31)30-26(15-28)20-5-3-7-24(13-20)32-23-10-11-23/h2-9,12-14,23,26H,10-11,15-16,28H2,1H3,(H,30,31). The summed E-state index contributed by atoms with van der Waals surface area (Å²) < 4.78 is 5.89. The summed E-state index contributed by atoms with van der Waals surface area (Å²) in [4.78, 5) is 17.6. The van der Waals surface area contributed by atoms with Crippen LogP contribution < -0.4 is 15.8 Å². The summed E-state index contributed by atoms with van der Waals surface area (Å²) in [6.07, 6.45) is 2.54. The fraction of sp³-hybridized carbons (Fsp3) is 0.259. The number of aliphatic imine (C=N–C) groups is 1. The lowest BCUT2D eigenvalue weighted by Gasteiger charge is -2.18. The fourth-order valence-electron chi connectivity index (χ4n) is 4.06. The smallest absolute Gasteiger partial charge is 0.251 e. The zero-order valence-electron chi connectivity index (χ0n) is 18.2. The summed E-state index contributed by atoms with van der Waals surface area (Å²) in [7, 11) is 0. The van der Waals surface area contributed by atoms with Crippen LogP contribution in [0.5, 0.6) is 5.75 Å². The highest BCUT2D eigenvalue weighted by Gasteiger charge is 2.24. The Bertz CT molecular complexity index is 1200. The molecule has 5 heteroatoms. The average Bonchev–Trinajstić information content (AvgIpc) is 3.57. The first kappa shape index (κ1) is 20.5. The maximum atomic E-state index is 13.1. The molecule has 0 aromatic heterocycles. The normalized spacial score (nSPS) is 15.6. The van der Waals surface area contributed by atoms with E-state index in [0.717, 1.165) is 47.5 Å². The molecule has 0 bridgehead atoms. The van der Waals surface area contributed by atoms with Gasteiger partial charge < -0.3 is 15.8 Å². The highest BCUT2D eigenvalue weighted by molar-refractivity contribution is 6.03. The average molecular weight is 426 g/mol. The van der Waals surface area contributed by atoms with Gasteiger partial charge in [-0.1, -0.05) is 36.4 Å². The van der Waals surface area contributed by atoms with Gasteiger partial charge >= 0.3 is 0 Å². The molecule has 1 amide bonds. The number of fused-ring (bicyclic) bond motifs is 1. The van der Waals surface area contributed by atoms with Crippen molar-refractivity contribution in [2.75, 3.05) is 6.54 Å². The van der Waals surface area contributed by atoms with Crippen molar-refractivity contribution in [1.29, 1.82) is 0 Å². The first-order valence-corrected chi connectivity index (χ1v) is 11.1. The number of nitrogens with two attached hydrogens (primary N) is 1. The minimum Gasteiger partial charge on any atom is -0.490 e. The van der Waals surface area contributed by atoms with E-state index in [-0.39, 0.29) is 11.9 Å². The summed E-state index contributed by atoms with van der Waals surface area (Å²) >= 11 is 0. The lowest BCUT2D eigenvalue weighted by atomic mass is 9.97. The van der Waals surface area contributed by atoms with E-state index in [9.17, 15) is 4.79 Å². The fourth-order valence-corrected chi connectivity index (χ4v) is 4.06. The van der Waals surface area contributed by atoms with Gasteiger partial charge in [-0.3, -0.25) is 9.79 Å². The van der Waals surface area contributed by atoms with E-state index in [2.05, 4.69) is 28.5 Å². The van der Waals surface area contributed by atoms with Gasteiger partial charge in [0.25, 0.3) is 5.91 Å². The van der Waals surface area contributed by atoms with Gasteiger partial charge in [0.05, 0.1) is 18.7 Å². The molecule has 1 heterocycles. The summed E-state index contributed by atoms with van der Waals surface area (Å²) in [6, 6.07) is 21.6. The van der Waals surface area contributed by atoms with Gasteiger partial charge in [0.15, 0.2) is 0 Å². The van der Waals surface area contributed by atoms with Crippen molar-refractivity contribution in [3.05, 3.63) is 89.0 Å². The van der Waals surface area contributed by atoms with Crippen LogP contribution in [0, 0.1) is 0 Å². The van der Waals surface area contributed by atoms with E-state index in [0.29, 0.717) is 18.2 Å². The SMILES string of the molecule is CC1=NCc2ccc(-c3cccc(C(=O)NC(CN)c4cccc(OC5CC5)c4)c3)cc21. The molecule has 1 fully saturated rings. The molecule has 162 valence electrons. The first-order valence-electron chi connectivity index (χ1n) is 11.1. The second-order valence-corrected chi connectivity index (χ2v) is 8.51. The van der Waals surface area contributed by atoms with Gasteiger partial charge in [-0.05, 0) is 72.4 Å². The molecule has 0 spiro atoms. The Balaban J connectivity index is 1.34. The Morgan fingerprint density at radius 3 is 2.72 bits per heavy atom. The molecule has 3 aromatic carbocycles. The van der Waals surface area contributed by atoms with Crippen LogP contribution in [0.2, 0.25) is 0 Å². The molecule has 3 N–H and O–H groups in total. The molecule has 0 saturated heterocycles. The minimum absolute atomic E-state index is 0.144. The first-order chi connectivity index (χ1) is 15.6. The minimum atomic E-state index is -0.284. The molecule has 5 nitrogen and oxygen atoms in total. The number of carbonyl (C=O) groups is 1. The van der Waals surface area contributed by atoms with Gasteiger partial charge in [0.2, 0.25) is 0 Å². The third-order valence-corrected chi connectivity index (χ3v) is 6.07. The maximum Gasteiger partial charge on any atom is 0.251 e. The second kappa shape index (κ2) is 8.60. The molecule has 1 saturated carbocycles. The van der Waals surface area contributed by atoms with Crippen LogP contribution in [-0.2, 0) is 6.54 Å². The predicted molar refractivity (Wildman–Crippen MR) is 127 cm³/mol. The third-order valence-electron chi connectivity index (χ3n) is 6.07. The van der Waals surface area contributed by atoms with Crippen molar-refractivity contribution in [2.24, 2.45) is 10.7 Å². The van der Waals surface area contributed by atoms with Crippen molar-refractivity contribution >= 4 is 11.6 Å². The van der Waals surface area contributed by atoms with Crippen LogP contribution >= 0.6 is 0 Å². The van der Waals surface area contributed by atoms with Crippen LogP contribution in [0.4, 0.5) is 0 Å². The number of hydrogen-bond donors (Lipinski definition) is 2. The predicted octanol–water partition coefficient (Wildman–Crippen LogP) is 4.65. The molecular formula is C27H27N3O2. The number of hydrogen-bond acceptors (Lipinski definition) is 4. The maximum absolute atomic E-state index is 13.1. The van der Waals surface area contributed by atoms with Crippen LogP contribution in [0.15, 0.2) is 71.7 Å². The van der Waals surface area contributed by atoms with Gasteiger partial charge in [-0.2, -0.15) is 0 Å². The van der Waals surface area contributed by atoms with Crippen molar-refractivity contribution in [3.63, 3.8) is 0 Å². The number of carbonyl (C=O) groups excluding carboxylic acids is 1. The Hall–Kier alpha value is -3.44. The largest absolute Gasteiger partial charge is 0.490 e. The highest BCUT2D eigenvalue weighted by Crippen LogP contribution is 2.29. The molecule has 32 heavy (non-hydrogen) atoms. The van der Waals surface area contributed by atoms with E-state index in [4.69, 9.17) is 10.5 Å². The zero-order valence-corrected chi connectivity index (χ0v) is 18.2. The Morgan fingerprint density at radius 1 is 1.09 bits per heavy atom. The lowest BCUT2D eigenvalue weighted by molar-refractivity contribution is 0.0937. The van der Waals surface area contributed by atoms with Crippen LogP contribution in [0.25, 0.3) is 11.1 Å².